The first-order valence-electron chi connectivity index (χ1n) is 10.7. The number of carbonyl (C=O) groups excluding carboxylic acids is 2. The summed E-state index contributed by atoms with van der Waals surface area (Å²) in [4.78, 5) is 28.6. The third-order valence-corrected chi connectivity index (χ3v) is 6.34. The lowest BCUT2D eigenvalue weighted by molar-refractivity contribution is -0.119. The van der Waals surface area contributed by atoms with Crippen molar-refractivity contribution in [2.45, 2.75) is 12.0 Å². The van der Waals surface area contributed by atoms with E-state index in [1.807, 2.05) is 0 Å². The average molecular weight is 499 g/mol. The van der Waals surface area contributed by atoms with Gasteiger partial charge in [0.1, 0.15) is 11.6 Å². The predicted octanol–water partition coefficient (Wildman–Crippen LogP) is 5.05. The van der Waals surface area contributed by atoms with Crippen LogP contribution in [0.3, 0.4) is 0 Å². The van der Waals surface area contributed by atoms with Crippen LogP contribution in [0.4, 0.5) is 10.1 Å². The molecule has 0 bridgehead atoms. The van der Waals surface area contributed by atoms with Gasteiger partial charge in [0.15, 0.2) is 11.5 Å². The maximum Gasteiger partial charge on any atom is 0.254 e. The van der Waals surface area contributed by atoms with Gasteiger partial charge in [-0.05, 0) is 42.0 Å². The minimum absolute atomic E-state index is 0.210. The highest BCUT2D eigenvalue weighted by Gasteiger charge is 2.44. The fourth-order valence-corrected chi connectivity index (χ4v) is 4.60. The van der Waals surface area contributed by atoms with E-state index in [2.05, 4.69) is 5.32 Å². The fourth-order valence-electron chi connectivity index (χ4n) is 4.42. The number of fused-ring (bicyclic) bond motifs is 1. The molecule has 0 aliphatic carbocycles. The number of likely N-dealkylation sites (N-methyl/N-ethyl adjacent to an activating group) is 1. The summed E-state index contributed by atoms with van der Waals surface area (Å²) in [7, 11) is 5.93. The number of halogens is 2. The van der Waals surface area contributed by atoms with Gasteiger partial charge >= 0.3 is 0 Å². The molecule has 1 heterocycles. The molecule has 182 valence electrons. The molecule has 2 amide bonds. The third kappa shape index (κ3) is 4.37. The minimum atomic E-state index is -0.993. The highest BCUT2D eigenvalue weighted by Crippen LogP contribution is 2.46. The Kier molecular flexibility index (Phi) is 6.84. The molecule has 35 heavy (non-hydrogen) atoms. The number of nitrogens with one attached hydrogen (secondary N) is 1. The molecule has 1 aliphatic rings. The van der Waals surface area contributed by atoms with E-state index in [-0.39, 0.29) is 17.0 Å². The molecule has 0 aromatic heterocycles. The van der Waals surface area contributed by atoms with Crippen LogP contribution in [-0.4, -0.2) is 45.1 Å². The van der Waals surface area contributed by atoms with Gasteiger partial charge in [0.25, 0.3) is 5.91 Å². The molecule has 1 aliphatic heterocycles. The second-order valence-corrected chi connectivity index (χ2v) is 8.42. The number of methoxy groups -OCH3 is 3. The molecule has 0 radical (unpaired) electrons. The van der Waals surface area contributed by atoms with E-state index in [1.54, 1.807) is 49.5 Å². The van der Waals surface area contributed by atoms with Gasteiger partial charge in [0.2, 0.25) is 5.91 Å². The molecule has 1 N–H and O–H groups in total. The van der Waals surface area contributed by atoms with Gasteiger partial charge in [-0.1, -0.05) is 29.8 Å². The molecule has 3 aromatic rings. The quantitative estimate of drug-likeness (QED) is 0.514. The molecule has 2 atom stereocenters. The number of hydrogen-bond acceptors (Lipinski definition) is 5. The monoisotopic (exact) mass is 498 g/mol. The lowest BCUT2D eigenvalue weighted by Gasteiger charge is -2.40. The summed E-state index contributed by atoms with van der Waals surface area (Å²) >= 11 is 6.14. The number of hydrogen-bond donors (Lipinski definition) is 1. The molecule has 0 saturated heterocycles. The number of nitrogens with zero attached hydrogens (tertiary/aromatic N) is 1. The number of carbonyl (C=O) groups is 2. The summed E-state index contributed by atoms with van der Waals surface area (Å²) in [5.74, 6) is -1.29. The number of amides is 2. The summed E-state index contributed by atoms with van der Waals surface area (Å²) in [6.07, 6.45) is 0. The first-order chi connectivity index (χ1) is 16.8. The van der Waals surface area contributed by atoms with Crippen molar-refractivity contribution in [1.82, 2.24) is 4.90 Å². The van der Waals surface area contributed by atoms with Crippen molar-refractivity contribution in [3.05, 3.63) is 82.1 Å². The zero-order valence-corrected chi connectivity index (χ0v) is 20.4. The van der Waals surface area contributed by atoms with Crippen molar-refractivity contribution in [2.24, 2.45) is 0 Å². The van der Waals surface area contributed by atoms with Gasteiger partial charge in [0, 0.05) is 23.2 Å². The van der Waals surface area contributed by atoms with Crippen LogP contribution in [0.15, 0.2) is 54.6 Å². The van der Waals surface area contributed by atoms with Gasteiger partial charge in [-0.25, -0.2) is 4.39 Å². The van der Waals surface area contributed by atoms with Gasteiger partial charge < -0.3 is 24.4 Å². The smallest absolute Gasteiger partial charge is 0.254 e. The third-order valence-electron chi connectivity index (χ3n) is 6.10. The van der Waals surface area contributed by atoms with Crippen LogP contribution in [0.5, 0.6) is 17.2 Å². The van der Waals surface area contributed by atoms with Crippen molar-refractivity contribution in [3.8, 4) is 17.2 Å². The number of ether oxygens (including phenoxy) is 3. The van der Waals surface area contributed by atoms with Crippen molar-refractivity contribution in [1.29, 1.82) is 0 Å². The van der Waals surface area contributed by atoms with E-state index in [0.29, 0.717) is 33.5 Å². The maximum atomic E-state index is 15.0. The standard InChI is InChI=1S/C26H24ClFN2O5/c1-30-24(15-7-5-6-8-18(15)28)23(25(31)29-19-11-14(27)9-10-20(19)33-2)16-12-21(34-3)22(35-4)13-17(16)26(30)32/h5-13,23-24H,1-4H3,(H,29,31). The fraction of sp³-hybridized carbons (Fsp3) is 0.231. The van der Waals surface area contributed by atoms with Gasteiger partial charge in [-0.3, -0.25) is 9.59 Å². The van der Waals surface area contributed by atoms with Crippen LogP contribution in [-0.2, 0) is 4.79 Å². The van der Waals surface area contributed by atoms with E-state index in [4.69, 9.17) is 25.8 Å². The van der Waals surface area contributed by atoms with Gasteiger partial charge in [-0.15, -0.1) is 0 Å². The van der Waals surface area contributed by atoms with E-state index >= 15 is 0 Å². The lowest BCUT2D eigenvalue weighted by Crippen LogP contribution is -2.44. The predicted molar refractivity (Wildman–Crippen MR) is 130 cm³/mol. The van der Waals surface area contributed by atoms with Crippen LogP contribution in [0.25, 0.3) is 0 Å². The number of anilines is 1. The Labute approximate surface area is 207 Å². The Hall–Kier alpha value is -3.78. The Morgan fingerprint density at radius 2 is 1.60 bits per heavy atom. The topological polar surface area (TPSA) is 77.1 Å². The van der Waals surface area contributed by atoms with Crippen LogP contribution >= 0.6 is 11.6 Å². The summed E-state index contributed by atoms with van der Waals surface area (Å²) in [5, 5.41) is 3.25. The van der Waals surface area contributed by atoms with E-state index < -0.39 is 23.7 Å². The maximum absolute atomic E-state index is 15.0. The second kappa shape index (κ2) is 9.84. The average Bonchev–Trinajstić information content (AvgIpc) is 2.85. The zero-order valence-electron chi connectivity index (χ0n) is 19.6. The Morgan fingerprint density at radius 1 is 0.943 bits per heavy atom. The minimum Gasteiger partial charge on any atom is -0.495 e. The summed E-state index contributed by atoms with van der Waals surface area (Å²) < 4.78 is 31.2. The molecule has 7 nitrogen and oxygen atoms in total. The molecule has 0 fully saturated rings. The highest BCUT2D eigenvalue weighted by atomic mass is 35.5. The van der Waals surface area contributed by atoms with Crippen LogP contribution in [0.1, 0.15) is 33.4 Å². The highest BCUT2D eigenvalue weighted by molar-refractivity contribution is 6.31. The first-order valence-corrected chi connectivity index (χ1v) is 11.1. The van der Waals surface area contributed by atoms with Gasteiger partial charge in [-0.2, -0.15) is 0 Å². The number of benzene rings is 3. The zero-order chi connectivity index (χ0) is 25.3. The van der Waals surface area contributed by atoms with Crippen LogP contribution in [0.2, 0.25) is 5.02 Å². The molecular formula is C26H24ClFN2O5. The molecule has 2 unspecified atom stereocenters. The molecule has 0 saturated carbocycles. The molecule has 9 heteroatoms. The molecule has 4 rings (SSSR count). The molecule has 0 spiro atoms. The SMILES string of the molecule is COc1ccc(Cl)cc1NC(=O)C1c2cc(OC)c(OC)cc2C(=O)N(C)C1c1ccccc1F. The van der Waals surface area contributed by atoms with Crippen molar-refractivity contribution < 1.29 is 28.2 Å². The number of rotatable bonds is 6. The van der Waals surface area contributed by atoms with Gasteiger partial charge in [0.05, 0.1) is 39.0 Å². The van der Waals surface area contributed by atoms with Crippen LogP contribution < -0.4 is 19.5 Å². The normalized spacial score (nSPS) is 17.0. The summed E-state index contributed by atoms with van der Waals surface area (Å²) in [5.41, 5.74) is 1.20. The van der Waals surface area contributed by atoms with Crippen molar-refractivity contribution in [3.63, 3.8) is 0 Å². The largest absolute Gasteiger partial charge is 0.495 e. The Morgan fingerprint density at radius 3 is 2.26 bits per heavy atom. The molecule has 3 aromatic carbocycles. The summed E-state index contributed by atoms with van der Waals surface area (Å²) in [6, 6.07) is 13.1. The summed E-state index contributed by atoms with van der Waals surface area (Å²) in [6.45, 7) is 0. The Bertz CT molecular complexity index is 1300. The van der Waals surface area contributed by atoms with E-state index in [1.165, 1.54) is 38.4 Å². The Balaban J connectivity index is 1.91. The van der Waals surface area contributed by atoms with Crippen LogP contribution in [0, 0.1) is 5.82 Å². The lowest BCUT2D eigenvalue weighted by atomic mass is 9.79. The van der Waals surface area contributed by atoms with Crippen molar-refractivity contribution >= 4 is 29.1 Å². The molecular weight excluding hydrogens is 475 g/mol. The van der Waals surface area contributed by atoms with Crippen molar-refractivity contribution in [2.75, 3.05) is 33.7 Å². The van der Waals surface area contributed by atoms with E-state index in [9.17, 15) is 14.0 Å². The second-order valence-electron chi connectivity index (χ2n) is 7.99. The van der Waals surface area contributed by atoms with E-state index in [0.717, 1.165) is 0 Å². The first kappa shape index (κ1) is 24.3.